The smallest absolute Gasteiger partial charge is 0.292 e. The lowest BCUT2D eigenvalue weighted by molar-refractivity contribution is -0.384. The number of anilines is 1. The molecular formula is C15H22N3O5S-. The Kier molecular flexibility index (Phi) is 6.67. The monoisotopic (exact) mass is 356 g/mol. The van der Waals surface area contributed by atoms with Crippen molar-refractivity contribution in [3.63, 3.8) is 0 Å². The van der Waals surface area contributed by atoms with Crippen molar-refractivity contribution in [3.05, 3.63) is 34.4 Å². The first-order valence-electron chi connectivity index (χ1n) is 7.81. The van der Waals surface area contributed by atoms with Crippen molar-refractivity contribution in [2.24, 2.45) is 16.5 Å². The van der Waals surface area contributed by atoms with Crippen LogP contribution in [0.1, 0.15) is 25.7 Å². The van der Waals surface area contributed by atoms with Crippen molar-refractivity contribution in [3.8, 4) is 0 Å². The molecule has 134 valence electrons. The largest absolute Gasteiger partial charge is 0.760 e. The van der Waals surface area contributed by atoms with Gasteiger partial charge >= 0.3 is 0 Å². The standard InChI is InChI=1S/C15H20N2O3.H3NO2S/c18-17(19)14-4-2-1-3-13(14)16-11-12-9-15(10-12)5-7-20-8-6-15;1-4(2)3/h1-4,12,16H,5-11H2;1H2,(H,2,3)/p-1. The zero-order valence-corrected chi connectivity index (χ0v) is 14.1. The summed E-state index contributed by atoms with van der Waals surface area (Å²) in [4.78, 5) is 10.6. The highest BCUT2D eigenvalue weighted by Gasteiger charge is 2.44. The van der Waals surface area contributed by atoms with Gasteiger partial charge in [0.05, 0.1) is 4.92 Å². The summed E-state index contributed by atoms with van der Waals surface area (Å²) in [7, 11) is 0. The topological polar surface area (TPSA) is 131 Å². The maximum absolute atomic E-state index is 10.9. The quantitative estimate of drug-likeness (QED) is 0.481. The van der Waals surface area contributed by atoms with E-state index in [4.69, 9.17) is 13.5 Å². The number of nitrogens with two attached hydrogens (primary N) is 1. The van der Waals surface area contributed by atoms with Crippen molar-refractivity contribution >= 4 is 22.6 Å². The number of benzene rings is 1. The molecule has 1 spiro atoms. The summed E-state index contributed by atoms with van der Waals surface area (Å²) in [6.07, 6.45) is 4.80. The normalized spacial score (nSPS) is 20.4. The lowest BCUT2D eigenvalue weighted by Crippen LogP contribution is -2.44. The molecule has 2 aliphatic rings. The summed E-state index contributed by atoms with van der Waals surface area (Å²) in [6.45, 7) is 2.61. The Morgan fingerprint density at radius 3 is 2.50 bits per heavy atom. The Balaban J connectivity index is 0.000000471. The molecular weight excluding hydrogens is 334 g/mol. The van der Waals surface area contributed by atoms with Gasteiger partial charge in [-0.25, -0.2) is 0 Å². The van der Waals surface area contributed by atoms with Crippen LogP contribution in [0.2, 0.25) is 0 Å². The van der Waals surface area contributed by atoms with E-state index in [0.717, 1.165) is 19.8 Å². The molecule has 2 fully saturated rings. The minimum atomic E-state index is -2.36. The summed E-state index contributed by atoms with van der Waals surface area (Å²) in [5.74, 6) is 0.632. The first kappa shape index (κ1) is 18.8. The number of nitrogens with zero attached hydrogens (tertiary/aromatic N) is 1. The number of nitro benzene ring substituents is 1. The number of ether oxygens (including phenoxy) is 1. The van der Waals surface area contributed by atoms with Gasteiger partial charge in [0.25, 0.3) is 5.69 Å². The summed E-state index contributed by atoms with van der Waals surface area (Å²) in [6, 6.07) is 6.85. The van der Waals surface area contributed by atoms with Crippen LogP contribution in [0.3, 0.4) is 0 Å². The predicted octanol–water partition coefficient (Wildman–Crippen LogP) is 1.95. The van der Waals surface area contributed by atoms with Crippen molar-refractivity contribution in [1.82, 2.24) is 0 Å². The number of para-hydroxylation sites is 2. The van der Waals surface area contributed by atoms with Crippen LogP contribution in [0.15, 0.2) is 24.3 Å². The van der Waals surface area contributed by atoms with Gasteiger partial charge in [0, 0.05) is 37.1 Å². The molecule has 8 nitrogen and oxygen atoms in total. The van der Waals surface area contributed by atoms with Gasteiger partial charge in [-0.15, -0.1) is 0 Å². The first-order chi connectivity index (χ1) is 11.4. The molecule has 1 unspecified atom stereocenters. The zero-order valence-electron chi connectivity index (χ0n) is 13.3. The van der Waals surface area contributed by atoms with Gasteiger partial charge in [-0.05, 0) is 43.1 Å². The maximum atomic E-state index is 10.9. The van der Waals surface area contributed by atoms with Crippen LogP contribution in [0, 0.1) is 21.4 Å². The molecule has 1 saturated carbocycles. The molecule has 1 atom stereocenters. The van der Waals surface area contributed by atoms with Gasteiger partial charge in [0.2, 0.25) is 0 Å². The van der Waals surface area contributed by atoms with E-state index in [1.54, 1.807) is 18.2 Å². The Bertz CT molecular complexity index is 580. The number of hydrogen-bond donors (Lipinski definition) is 2. The van der Waals surface area contributed by atoms with Crippen molar-refractivity contribution in [2.75, 3.05) is 25.1 Å². The van der Waals surface area contributed by atoms with Crippen LogP contribution < -0.4 is 10.5 Å². The molecule has 1 heterocycles. The third kappa shape index (κ3) is 5.23. The minimum Gasteiger partial charge on any atom is -0.760 e. The highest BCUT2D eigenvalue weighted by Crippen LogP contribution is 2.52. The fraction of sp³-hybridized carbons (Fsp3) is 0.600. The Labute approximate surface area is 143 Å². The molecule has 3 rings (SSSR count). The summed E-state index contributed by atoms with van der Waals surface area (Å²) < 4.78 is 23.0. The van der Waals surface area contributed by atoms with Gasteiger partial charge in [-0.3, -0.25) is 19.5 Å². The van der Waals surface area contributed by atoms with E-state index in [1.807, 2.05) is 6.07 Å². The number of nitro groups is 1. The Morgan fingerprint density at radius 2 is 1.92 bits per heavy atom. The van der Waals surface area contributed by atoms with E-state index >= 15 is 0 Å². The van der Waals surface area contributed by atoms with Gasteiger partial charge < -0.3 is 14.6 Å². The van der Waals surface area contributed by atoms with E-state index in [9.17, 15) is 10.1 Å². The molecule has 1 saturated heterocycles. The summed E-state index contributed by atoms with van der Waals surface area (Å²) >= 11 is -2.36. The zero-order chi connectivity index (χ0) is 17.6. The number of hydrogen-bond acceptors (Lipinski definition) is 6. The molecule has 0 amide bonds. The van der Waals surface area contributed by atoms with Crippen LogP contribution in [-0.2, 0) is 16.0 Å². The fourth-order valence-corrected chi connectivity index (χ4v) is 3.56. The van der Waals surface area contributed by atoms with Gasteiger partial charge in [-0.2, -0.15) is 0 Å². The molecule has 0 radical (unpaired) electrons. The molecule has 3 N–H and O–H groups in total. The highest BCUT2D eigenvalue weighted by molar-refractivity contribution is 7.76. The summed E-state index contributed by atoms with van der Waals surface area (Å²) in [5.41, 5.74) is 1.30. The van der Waals surface area contributed by atoms with Gasteiger partial charge in [0.15, 0.2) is 0 Å². The molecule has 1 aliphatic carbocycles. The van der Waals surface area contributed by atoms with E-state index in [0.29, 0.717) is 17.0 Å². The van der Waals surface area contributed by atoms with Crippen molar-refractivity contribution < 1.29 is 18.4 Å². The third-order valence-electron chi connectivity index (χ3n) is 4.68. The summed E-state index contributed by atoms with van der Waals surface area (Å²) in [5, 5.41) is 18.2. The highest BCUT2D eigenvalue weighted by atomic mass is 32.2. The lowest BCUT2D eigenvalue weighted by Gasteiger charge is -2.50. The van der Waals surface area contributed by atoms with E-state index < -0.39 is 11.3 Å². The van der Waals surface area contributed by atoms with Crippen LogP contribution in [0.4, 0.5) is 11.4 Å². The third-order valence-corrected chi connectivity index (χ3v) is 4.68. The number of rotatable bonds is 4. The minimum absolute atomic E-state index is 0.160. The molecule has 0 bridgehead atoms. The van der Waals surface area contributed by atoms with Crippen LogP contribution in [0.25, 0.3) is 0 Å². The molecule has 1 aromatic carbocycles. The van der Waals surface area contributed by atoms with E-state index in [-0.39, 0.29) is 10.6 Å². The second-order valence-electron chi connectivity index (χ2n) is 6.30. The van der Waals surface area contributed by atoms with Crippen LogP contribution >= 0.6 is 0 Å². The molecule has 9 heteroatoms. The van der Waals surface area contributed by atoms with Crippen molar-refractivity contribution in [1.29, 1.82) is 0 Å². The second kappa shape index (κ2) is 8.52. The first-order valence-corrected chi connectivity index (χ1v) is 8.94. The number of nitrogens with one attached hydrogen (secondary N) is 1. The SMILES string of the molecule is NS(=O)[O-].O=[N+]([O-])c1ccccc1NCC1CC2(CCOCC2)C1. The maximum Gasteiger partial charge on any atom is 0.292 e. The van der Waals surface area contributed by atoms with Gasteiger partial charge in [-0.1, -0.05) is 12.1 Å². The Morgan fingerprint density at radius 1 is 1.33 bits per heavy atom. The molecule has 1 aromatic rings. The van der Waals surface area contributed by atoms with Crippen LogP contribution in [0.5, 0.6) is 0 Å². The predicted molar refractivity (Wildman–Crippen MR) is 89.9 cm³/mol. The molecule has 24 heavy (non-hydrogen) atoms. The van der Waals surface area contributed by atoms with E-state index in [2.05, 4.69) is 10.5 Å². The second-order valence-corrected chi connectivity index (χ2v) is 6.82. The average Bonchev–Trinajstić information content (AvgIpc) is 2.51. The fourth-order valence-electron chi connectivity index (χ4n) is 3.56. The molecule has 0 aromatic heterocycles. The Hall–Kier alpha value is -1.55. The van der Waals surface area contributed by atoms with E-state index in [1.165, 1.54) is 25.7 Å². The van der Waals surface area contributed by atoms with Gasteiger partial charge in [0.1, 0.15) is 5.69 Å². The molecule has 1 aliphatic heterocycles. The van der Waals surface area contributed by atoms with Crippen LogP contribution in [-0.4, -0.2) is 33.4 Å². The average molecular weight is 356 g/mol. The van der Waals surface area contributed by atoms with Crippen molar-refractivity contribution in [2.45, 2.75) is 25.7 Å². The lowest BCUT2D eigenvalue weighted by atomic mass is 9.58.